The molecule has 1 amide bonds. The van der Waals surface area contributed by atoms with Crippen molar-refractivity contribution in [3.05, 3.63) is 75.5 Å². The molecule has 0 aliphatic heterocycles. The maximum atomic E-state index is 12.5. The van der Waals surface area contributed by atoms with E-state index in [0.29, 0.717) is 32.9 Å². The van der Waals surface area contributed by atoms with Crippen molar-refractivity contribution in [2.75, 3.05) is 10.6 Å². The van der Waals surface area contributed by atoms with Crippen LogP contribution >= 0.6 is 23.2 Å². The van der Waals surface area contributed by atoms with E-state index in [9.17, 15) is 4.79 Å². The number of aryl methyl sites for hydroxylation is 2. The van der Waals surface area contributed by atoms with Gasteiger partial charge in [-0.25, -0.2) is 9.97 Å². The Balaban J connectivity index is 1.78. The van der Waals surface area contributed by atoms with E-state index in [0.717, 1.165) is 11.4 Å². The van der Waals surface area contributed by atoms with Gasteiger partial charge in [0.25, 0.3) is 5.91 Å². The summed E-state index contributed by atoms with van der Waals surface area (Å²) in [4.78, 5) is 21.2. The third kappa shape index (κ3) is 4.71. The lowest BCUT2D eigenvalue weighted by atomic mass is 10.2. The molecule has 5 nitrogen and oxygen atoms in total. The molecule has 0 spiro atoms. The number of aromatic nitrogens is 2. The minimum atomic E-state index is -0.270. The molecule has 1 heterocycles. The highest BCUT2D eigenvalue weighted by Crippen LogP contribution is 2.23. The van der Waals surface area contributed by atoms with Crippen LogP contribution in [0.1, 0.15) is 21.7 Å². The summed E-state index contributed by atoms with van der Waals surface area (Å²) >= 11 is 11.9. The Bertz CT molecular complexity index is 935. The van der Waals surface area contributed by atoms with E-state index in [1.807, 2.05) is 26.0 Å². The molecule has 26 heavy (non-hydrogen) atoms. The van der Waals surface area contributed by atoms with E-state index in [2.05, 4.69) is 20.6 Å². The van der Waals surface area contributed by atoms with Crippen molar-refractivity contribution in [2.24, 2.45) is 0 Å². The van der Waals surface area contributed by atoms with Gasteiger partial charge in [-0.2, -0.15) is 0 Å². The molecule has 0 radical (unpaired) electrons. The van der Waals surface area contributed by atoms with E-state index in [4.69, 9.17) is 23.2 Å². The first kappa shape index (κ1) is 18.2. The third-order valence-corrected chi connectivity index (χ3v) is 3.92. The van der Waals surface area contributed by atoms with E-state index in [1.165, 1.54) is 0 Å². The van der Waals surface area contributed by atoms with Crippen molar-refractivity contribution < 1.29 is 4.79 Å². The van der Waals surface area contributed by atoms with Crippen molar-refractivity contribution in [2.45, 2.75) is 13.8 Å². The molecule has 0 fully saturated rings. The first-order valence-electron chi connectivity index (χ1n) is 7.86. The maximum absolute atomic E-state index is 12.5. The van der Waals surface area contributed by atoms with Crippen LogP contribution in [0.5, 0.6) is 0 Å². The second kappa shape index (κ2) is 7.72. The molecule has 0 aliphatic carbocycles. The van der Waals surface area contributed by atoms with Crippen molar-refractivity contribution in [3.63, 3.8) is 0 Å². The van der Waals surface area contributed by atoms with Crippen LogP contribution in [0.2, 0.25) is 10.0 Å². The van der Waals surface area contributed by atoms with Crippen LogP contribution in [0.3, 0.4) is 0 Å². The second-order valence-electron chi connectivity index (χ2n) is 5.79. The summed E-state index contributed by atoms with van der Waals surface area (Å²) in [6.07, 6.45) is 0. The molecule has 3 rings (SSSR count). The van der Waals surface area contributed by atoms with Crippen LogP contribution in [-0.2, 0) is 0 Å². The molecule has 2 N–H and O–H groups in total. The average Bonchev–Trinajstić information content (AvgIpc) is 2.53. The first-order valence-corrected chi connectivity index (χ1v) is 8.61. The van der Waals surface area contributed by atoms with Gasteiger partial charge in [-0.3, -0.25) is 4.79 Å². The number of nitrogens with one attached hydrogen (secondary N) is 2. The van der Waals surface area contributed by atoms with Crippen LogP contribution in [0.25, 0.3) is 0 Å². The molecule has 132 valence electrons. The zero-order valence-corrected chi connectivity index (χ0v) is 15.7. The maximum Gasteiger partial charge on any atom is 0.255 e. The van der Waals surface area contributed by atoms with Crippen molar-refractivity contribution in [3.8, 4) is 0 Å². The molecule has 3 aromatic rings. The van der Waals surface area contributed by atoms with E-state index in [-0.39, 0.29) is 5.91 Å². The fourth-order valence-electron chi connectivity index (χ4n) is 2.48. The second-order valence-corrected chi connectivity index (χ2v) is 6.67. The first-order chi connectivity index (χ1) is 12.4. The summed E-state index contributed by atoms with van der Waals surface area (Å²) in [5.74, 6) is 0.218. The van der Waals surface area contributed by atoms with Gasteiger partial charge in [0.2, 0.25) is 5.95 Å². The number of halogens is 2. The van der Waals surface area contributed by atoms with Crippen LogP contribution < -0.4 is 10.6 Å². The summed E-state index contributed by atoms with van der Waals surface area (Å²) in [7, 11) is 0. The zero-order chi connectivity index (χ0) is 18.7. The van der Waals surface area contributed by atoms with Crippen LogP contribution in [0.15, 0.2) is 48.5 Å². The molecular formula is C19H16Cl2N4O. The summed E-state index contributed by atoms with van der Waals surface area (Å²) < 4.78 is 0. The topological polar surface area (TPSA) is 66.9 Å². The Kier molecular flexibility index (Phi) is 5.40. The fourth-order valence-corrected chi connectivity index (χ4v) is 3.00. The van der Waals surface area contributed by atoms with Crippen molar-refractivity contribution in [1.82, 2.24) is 9.97 Å². The fraction of sp³-hybridized carbons (Fsp3) is 0.105. The average molecular weight is 387 g/mol. The van der Waals surface area contributed by atoms with Gasteiger partial charge in [0, 0.05) is 38.4 Å². The highest BCUT2D eigenvalue weighted by molar-refractivity contribution is 6.35. The highest BCUT2D eigenvalue weighted by Gasteiger charge is 2.09. The van der Waals surface area contributed by atoms with Gasteiger partial charge >= 0.3 is 0 Å². The molecule has 0 saturated carbocycles. The molecule has 2 aromatic carbocycles. The molecule has 0 aliphatic rings. The number of nitrogens with zero attached hydrogens (tertiary/aromatic N) is 2. The predicted octanol–water partition coefficient (Wildman–Crippen LogP) is 5.40. The number of hydrogen-bond donors (Lipinski definition) is 2. The molecule has 0 atom stereocenters. The Morgan fingerprint density at radius 3 is 2.19 bits per heavy atom. The largest absolute Gasteiger partial charge is 0.324 e. The van der Waals surface area contributed by atoms with Crippen LogP contribution in [-0.4, -0.2) is 15.9 Å². The van der Waals surface area contributed by atoms with Gasteiger partial charge in [0.15, 0.2) is 0 Å². The number of amides is 1. The molecular weight excluding hydrogens is 371 g/mol. The van der Waals surface area contributed by atoms with Gasteiger partial charge in [0.1, 0.15) is 0 Å². The molecule has 0 bridgehead atoms. The number of carbonyl (C=O) groups excluding carboxylic acids is 1. The number of rotatable bonds is 4. The summed E-state index contributed by atoms with van der Waals surface area (Å²) in [5, 5.41) is 6.81. The standard InChI is InChI=1S/C19H16Cl2N4O/c1-11-6-12(2)23-19(22-11)25-16-5-3-4-13(7-16)18(26)24-17-9-14(20)8-15(21)10-17/h3-10H,1-2H3,(H,24,26)(H,22,23,25). The summed E-state index contributed by atoms with van der Waals surface area (Å²) in [6.45, 7) is 3.81. The van der Waals surface area contributed by atoms with E-state index in [1.54, 1.807) is 36.4 Å². The molecule has 0 unspecified atom stereocenters. The predicted molar refractivity (Wildman–Crippen MR) is 106 cm³/mol. The Labute approximate surface area is 161 Å². The lowest BCUT2D eigenvalue weighted by Gasteiger charge is -2.09. The Morgan fingerprint density at radius 2 is 1.54 bits per heavy atom. The summed E-state index contributed by atoms with van der Waals surface area (Å²) in [5.41, 5.74) is 3.46. The summed E-state index contributed by atoms with van der Waals surface area (Å²) in [6, 6.07) is 13.8. The molecule has 0 saturated heterocycles. The lowest BCUT2D eigenvalue weighted by Crippen LogP contribution is -2.12. The normalized spacial score (nSPS) is 10.5. The van der Waals surface area contributed by atoms with Gasteiger partial charge in [-0.1, -0.05) is 29.3 Å². The molecule has 7 heteroatoms. The number of carbonyl (C=O) groups is 1. The Morgan fingerprint density at radius 1 is 0.885 bits per heavy atom. The quantitative estimate of drug-likeness (QED) is 0.629. The highest BCUT2D eigenvalue weighted by atomic mass is 35.5. The van der Waals surface area contributed by atoms with Crippen molar-refractivity contribution >= 4 is 46.4 Å². The monoisotopic (exact) mass is 386 g/mol. The minimum absolute atomic E-state index is 0.270. The van der Waals surface area contributed by atoms with Crippen LogP contribution in [0.4, 0.5) is 17.3 Å². The molecule has 1 aromatic heterocycles. The van der Waals surface area contributed by atoms with Gasteiger partial charge in [-0.15, -0.1) is 0 Å². The lowest BCUT2D eigenvalue weighted by molar-refractivity contribution is 0.102. The number of benzene rings is 2. The van der Waals surface area contributed by atoms with Gasteiger partial charge < -0.3 is 10.6 Å². The zero-order valence-electron chi connectivity index (χ0n) is 14.2. The van der Waals surface area contributed by atoms with Gasteiger partial charge in [-0.05, 0) is 56.3 Å². The smallest absolute Gasteiger partial charge is 0.255 e. The van der Waals surface area contributed by atoms with E-state index < -0.39 is 0 Å². The van der Waals surface area contributed by atoms with Crippen LogP contribution in [0, 0.1) is 13.8 Å². The number of anilines is 3. The van der Waals surface area contributed by atoms with Crippen molar-refractivity contribution in [1.29, 1.82) is 0 Å². The van der Waals surface area contributed by atoms with Gasteiger partial charge in [0.05, 0.1) is 0 Å². The third-order valence-electron chi connectivity index (χ3n) is 3.48. The number of hydrogen-bond acceptors (Lipinski definition) is 4. The Hall–Kier alpha value is -2.63. The SMILES string of the molecule is Cc1cc(C)nc(Nc2cccc(C(=O)Nc3cc(Cl)cc(Cl)c3)c2)n1. The van der Waals surface area contributed by atoms with E-state index >= 15 is 0 Å². The minimum Gasteiger partial charge on any atom is -0.324 e.